The Kier molecular flexibility index (Phi) is 3.49. The molecule has 0 atom stereocenters. The number of benzene rings is 1. The number of nitrogens with zero attached hydrogens (tertiary/aromatic N) is 2. The standard InChI is InChI=1S/C12H7ClF2N4/c13-9-2-7(14)3-10(15)11(9)19-12-6(4-16)1-8(17)5-18-12/h1-3,5H,17H2,(H,18,19). The van der Waals surface area contributed by atoms with Crippen LogP contribution in [-0.4, -0.2) is 4.98 Å². The smallest absolute Gasteiger partial charge is 0.151 e. The molecule has 0 saturated carbocycles. The second-order valence-electron chi connectivity index (χ2n) is 3.65. The number of nitrogen functional groups attached to an aromatic ring is 1. The summed E-state index contributed by atoms with van der Waals surface area (Å²) in [5, 5.41) is 11.3. The van der Waals surface area contributed by atoms with Gasteiger partial charge in [0.05, 0.1) is 28.2 Å². The molecule has 0 unspecified atom stereocenters. The monoisotopic (exact) mass is 280 g/mol. The second-order valence-corrected chi connectivity index (χ2v) is 4.05. The Balaban J connectivity index is 2.45. The van der Waals surface area contributed by atoms with Gasteiger partial charge >= 0.3 is 0 Å². The number of nitriles is 1. The zero-order valence-corrected chi connectivity index (χ0v) is 10.2. The van der Waals surface area contributed by atoms with Crippen LogP contribution in [0.25, 0.3) is 0 Å². The molecule has 0 spiro atoms. The number of nitrogens with one attached hydrogen (secondary N) is 1. The van der Waals surface area contributed by atoms with Crippen LogP contribution in [0.5, 0.6) is 0 Å². The van der Waals surface area contributed by atoms with E-state index in [1.54, 1.807) is 0 Å². The first-order valence-corrected chi connectivity index (χ1v) is 5.46. The Morgan fingerprint density at radius 1 is 1.32 bits per heavy atom. The van der Waals surface area contributed by atoms with E-state index in [0.29, 0.717) is 11.8 Å². The molecule has 0 radical (unpaired) electrons. The largest absolute Gasteiger partial charge is 0.397 e. The summed E-state index contributed by atoms with van der Waals surface area (Å²) >= 11 is 5.73. The van der Waals surface area contributed by atoms with Gasteiger partial charge < -0.3 is 11.1 Å². The number of halogens is 3. The molecule has 0 saturated heterocycles. The van der Waals surface area contributed by atoms with E-state index in [1.165, 1.54) is 12.3 Å². The molecule has 19 heavy (non-hydrogen) atoms. The Bertz CT molecular complexity index is 659. The van der Waals surface area contributed by atoms with Gasteiger partial charge in [-0.05, 0) is 12.1 Å². The van der Waals surface area contributed by atoms with E-state index in [0.717, 1.165) is 6.07 Å². The van der Waals surface area contributed by atoms with Crippen molar-refractivity contribution in [3.05, 3.63) is 46.6 Å². The van der Waals surface area contributed by atoms with Gasteiger partial charge in [-0.2, -0.15) is 5.26 Å². The van der Waals surface area contributed by atoms with Crippen molar-refractivity contribution in [2.45, 2.75) is 0 Å². The maximum Gasteiger partial charge on any atom is 0.151 e. The van der Waals surface area contributed by atoms with Crippen LogP contribution in [0.3, 0.4) is 0 Å². The van der Waals surface area contributed by atoms with Gasteiger partial charge in [-0.3, -0.25) is 0 Å². The van der Waals surface area contributed by atoms with E-state index in [9.17, 15) is 8.78 Å². The lowest BCUT2D eigenvalue weighted by molar-refractivity contribution is 0.586. The molecule has 0 aliphatic carbocycles. The highest BCUT2D eigenvalue weighted by Gasteiger charge is 2.13. The van der Waals surface area contributed by atoms with E-state index in [4.69, 9.17) is 22.6 Å². The molecule has 0 amide bonds. The molecule has 0 bridgehead atoms. The van der Waals surface area contributed by atoms with Crippen molar-refractivity contribution in [1.29, 1.82) is 5.26 Å². The third-order valence-electron chi connectivity index (χ3n) is 2.28. The molecule has 4 nitrogen and oxygen atoms in total. The number of aromatic nitrogens is 1. The fraction of sp³-hybridized carbons (Fsp3) is 0. The average molecular weight is 281 g/mol. The highest BCUT2D eigenvalue weighted by atomic mass is 35.5. The zero-order chi connectivity index (χ0) is 14.0. The third kappa shape index (κ3) is 2.72. The summed E-state index contributed by atoms with van der Waals surface area (Å²) in [5.74, 6) is -1.59. The van der Waals surface area contributed by atoms with Crippen molar-refractivity contribution in [2.24, 2.45) is 0 Å². The van der Waals surface area contributed by atoms with Crippen LogP contribution in [0.2, 0.25) is 5.02 Å². The summed E-state index contributed by atoms with van der Waals surface area (Å²) in [4.78, 5) is 3.87. The van der Waals surface area contributed by atoms with Crippen molar-refractivity contribution < 1.29 is 8.78 Å². The number of rotatable bonds is 2. The first-order chi connectivity index (χ1) is 9.01. The van der Waals surface area contributed by atoms with Gasteiger partial charge in [-0.15, -0.1) is 0 Å². The van der Waals surface area contributed by atoms with Gasteiger partial charge in [0.25, 0.3) is 0 Å². The molecule has 0 aliphatic rings. The highest BCUT2D eigenvalue weighted by molar-refractivity contribution is 6.33. The predicted octanol–water partition coefficient (Wildman–Crippen LogP) is 3.21. The Hall–Kier alpha value is -2.39. The van der Waals surface area contributed by atoms with Crippen LogP contribution in [0.4, 0.5) is 26.0 Å². The van der Waals surface area contributed by atoms with E-state index < -0.39 is 11.6 Å². The van der Waals surface area contributed by atoms with E-state index in [-0.39, 0.29) is 22.1 Å². The molecule has 0 fully saturated rings. The minimum Gasteiger partial charge on any atom is -0.397 e. The Morgan fingerprint density at radius 3 is 2.68 bits per heavy atom. The second kappa shape index (κ2) is 5.08. The van der Waals surface area contributed by atoms with Crippen LogP contribution in [0.1, 0.15) is 5.56 Å². The average Bonchev–Trinajstić information content (AvgIpc) is 2.35. The first kappa shape index (κ1) is 13.1. The summed E-state index contributed by atoms with van der Waals surface area (Å²) in [6.45, 7) is 0. The summed E-state index contributed by atoms with van der Waals surface area (Å²) in [7, 11) is 0. The van der Waals surface area contributed by atoms with Crippen molar-refractivity contribution in [3.63, 3.8) is 0 Å². The fourth-order valence-corrected chi connectivity index (χ4v) is 1.69. The number of pyridine rings is 1. The van der Waals surface area contributed by atoms with Gasteiger partial charge in [-0.1, -0.05) is 11.6 Å². The molecule has 1 aromatic carbocycles. The van der Waals surface area contributed by atoms with Gasteiger partial charge in [0.15, 0.2) is 5.82 Å². The van der Waals surface area contributed by atoms with E-state index >= 15 is 0 Å². The summed E-state index contributed by atoms with van der Waals surface area (Å²) < 4.78 is 26.5. The van der Waals surface area contributed by atoms with E-state index in [1.807, 2.05) is 6.07 Å². The van der Waals surface area contributed by atoms with Crippen LogP contribution in [-0.2, 0) is 0 Å². The quantitative estimate of drug-likeness (QED) is 0.886. The highest BCUT2D eigenvalue weighted by Crippen LogP contribution is 2.30. The molecule has 96 valence electrons. The van der Waals surface area contributed by atoms with Crippen LogP contribution in [0.15, 0.2) is 24.4 Å². The molecule has 1 heterocycles. The van der Waals surface area contributed by atoms with Gasteiger partial charge in [0, 0.05) is 6.07 Å². The first-order valence-electron chi connectivity index (χ1n) is 5.08. The number of hydrogen-bond donors (Lipinski definition) is 2. The lowest BCUT2D eigenvalue weighted by Crippen LogP contribution is -2.01. The van der Waals surface area contributed by atoms with Crippen molar-refractivity contribution in [1.82, 2.24) is 4.98 Å². The summed E-state index contributed by atoms with van der Waals surface area (Å²) in [5.41, 5.74) is 5.75. The van der Waals surface area contributed by atoms with E-state index in [2.05, 4.69) is 10.3 Å². The normalized spacial score (nSPS) is 10.0. The van der Waals surface area contributed by atoms with Gasteiger partial charge in [-0.25, -0.2) is 13.8 Å². The van der Waals surface area contributed by atoms with Crippen LogP contribution < -0.4 is 11.1 Å². The molecular formula is C12H7ClF2N4. The van der Waals surface area contributed by atoms with Crippen molar-refractivity contribution in [3.8, 4) is 6.07 Å². The predicted molar refractivity (Wildman–Crippen MR) is 68.0 cm³/mol. The van der Waals surface area contributed by atoms with Crippen LogP contribution >= 0.6 is 11.6 Å². The molecule has 2 rings (SSSR count). The minimum absolute atomic E-state index is 0.0871. The third-order valence-corrected chi connectivity index (χ3v) is 2.58. The van der Waals surface area contributed by atoms with Crippen molar-refractivity contribution in [2.75, 3.05) is 11.1 Å². The maximum atomic E-state index is 13.6. The van der Waals surface area contributed by atoms with Gasteiger partial charge in [0.2, 0.25) is 0 Å². The molecular weight excluding hydrogens is 274 g/mol. The molecule has 7 heteroatoms. The lowest BCUT2D eigenvalue weighted by Gasteiger charge is -2.10. The maximum absolute atomic E-state index is 13.6. The number of anilines is 3. The summed E-state index contributed by atoms with van der Waals surface area (Å²) in [6, 6.07) is 4.87. The Labute approximate surface area is 112 Å². The number of hydrogen-bond acceptors (Lipinski definition) is 4. The van der Waals surface area contributed by atoms with Crippen molar-refractivity contribution >= 4 is 28.8 Å². The molecule has 0 aliphatic heterocycles. The summed E-state index contributed by atoms with van der Waals surface area (Å²) in [6.07, 6.45) is 1.30. The topological polar surface area (TPSA) is 74.7 Å². The SMILES string of the molecule is N#Cc1cc(N)cnc1Nc1c(F)cc(F)cc1Cl. The zero-order valence-electron chi connectivity index (χ0n) is 9.42. The Morgan fingerprint density at radius 2 is 2.05 bits per heavy atom. The fourth-order valence-electron chi connectivity index (χ4n) is 1.45. The molecule has 2 aromatic rings. The lowest BCUT2D eigenvalue weighted by atomic mass is 10.2. The molecule has 3 N–H and O–H groups in total. The minimum atomic E-state index is -0.882. The van der Waals surface area contributed by atoms with Gasteiger partial charge in [0.1, 0.15) is 17.7 Å². The molecule has 1 aromatic heterocycles. The number of nitrogens with two attached hydrogens (primary N) is 1. The van der Waals surface area contributed by atoms with Crippen LogP contribution in [0, 0.1) is 23.0 Å².